The van der Waals surface area contributed by atoms with Crippen LogP contribution in [0.2, 0.25) is 0 Å². The summed E-state index contributed by atoms with van der Waals surface area (Å²) in [6, 6.07) is 6.40. The minimum atomic E-state index is -4.02. The molecule has 0 saturated carbocycles. The molecule has 0 aliphatic carbocycles. The average Bonchev–Trinajstić information content (AvgIpc) is 2.47. The Kier molecular flexibility index (Phi) is 6.77. The van der Waals surface area contributed by atoms with Crippen molar-refractivity contribution in [1.82, 2.24) is 4.90 Å². The Morgan fingerprint density at radius 1 is 1.32 bits per heavy atom. The predicted octanol–water partition coefficient (Wildman–Crippen LogP) is 2.82. The summed E-state index contributed by atoms with van der Waals surface area (Å²) in [5.74, 6) is 0.0807. The van der Waals surface area contributed by atoms with Gasteiger partial charge in [-0.1, -0.05) is 24.3 Å². The number of benzene rings is 1. The second kappa shape index (κ2) is 8.10. The van der Waals surface area contributed by atoms with Crippen LogP contribution in [0, 0.1) is 6.92 Å². The molecule has 1 N–H and O–H groups in total. The van der Waals surface area contributed by atoms with E-state index in [0.29, 0.717) is 6.04 Å². The lowest BCUT2D eigenvalue weighted by Crippen LogP contribution is -2.40. The van der Waals surface area contributed by atoms with E-state index in [2.05, 4.69) is 13.5 Å². The van der Waals surface area contributed by atoms with E-state index in [0.717, 1.165) is 24.9 Å². The van der Waals surface area contributed by atoms with Crippen LogP contribution in [0.4, 0.5) is 0 Å². The monoisotopic (exact) mass is 325 g/mol. The van der Waals surface area contributed by atoms with E-state index >= 15 is 0 Å². The fourth-order valence-electron chi connectivity index (χ4n) is 2.25. The fourth-order valence-corrected chi connectivity index (χ4v) is 2.73. The number of piperidine rings is 1. The van der Waals surface area contributed by atoms with Gasteiger partial charge in [0.05, 0.1) is 4.90 Å². The molecule has 122 valence electrons. The smallest absolute Gasteiger partial charge is 0.294 e. The van der Waals surface area contributed by atoms with E-state index in [1.54, 1.807) is 12.1 Å². The molecular formula is C16H23NO4S. The van der Waals surface area contributed by atoms with E-state index in [1.165, 1.54) is 24.6 Å². The van der Waals surface area contributed by atoms with E-state index in [-0.39, 0.29) is 10.8 Å². The number of carbonyl (C=O) groups is 1. The second-order valence-electron chi connectivity index (χ2n) is 5.37. The van der Waals surface area contributed by atoms with E-state index in [4.69, 9.17) is 4.55 Å². The van der Waals surface area contributed by atoms with Gasteiger partial charge in [-0.05, 0) is 51.3 Å². The Hall–Kier alpha value is -1.66. The minimum Gasteiger partial charge on any atom is -0.336 e. The highest BCUT2D eigenvalue weighted by atomic mass is 32.2. The van der Waals surface area contributed by atoms with Gasteiger partial charge in [0.1, 0.15) is 0 Å². The summed E-state index contributed by atoms with van der Waals surface area (Å²) in [7, 11) is -4.02. The highest BCUT2D eigenvalue weighted by Gasteiger charge is 2.20. The van der Waals surface area contributed by atoms with Crippen LogP contribution in [-0.2, 0) is 14.9 Å². The van der Waals surface area contributed by atoms with E-state index < -0.39 is 10.1 Å². The van der Waals surface area contributed by atoms with Crippen LogP contribution >= 0.6 is 0 Å². The fraction of sp³-hybridized carbons (Fsp3) is 0.438. The van der Waals surface area contributed by atoms with Gasteiger partial charge in [-0.25, -0.2) is 0 Å². The normalized spacial score (nSPS) is 18.1. The summed E-state index contributed by atoms with van der Waals surface area (Å²) in [4.78, 5) is 13.0. The van der Waals surface area contributed by atoms with Crippen LogP contribution in [0.5, 0.6) is 0 Å². The van der Waals surface area contributed by atoms with Gasteiger partial charge in [-0.2, -0.15) is 8.42 Å². The summed E-state index contributed by atoms with van der Waals surface area (Å²) in [5, 5.41) is 0. The summed E-state index contributed by atoms with van der Waals surface area (Å²) in [6.07, 6.45) is 4.94. The topological polar surface area (TPSA) is 74.7 Å². The van der Waals surface area contributed by atoms with Crippen molar-refractivity contribution in [2.75, 3.05) is 6.54 Å². The van der Waals surface area contributed by atoms with Crippen molar-refractivity contribution in [3.8, 4) is 0 Å². The number of hydrogen-bond acceptors (Lipinski definition) is 3. The Morgan fingerprint density at radius 3 is 2.36 bits per heavy atom. The molecule has 0 bridgehead atoms. The first-order valence-electron chi connectivity index (χ1n) is 7.23. The van der Waals surface area contributed by atoms with Gasteiger partial charge in [0.15, 0.2) is 0 Å². The van der Waals surface area contributed by atoms with Gasteiger partial charge in [0, 0.05) is 12.6 Å². The quantitative estimate of drug-likeness (QED) is 0.670. The first-order chi connectivity index (χ1) is 10.3. The molecule has 1 aliphatic rings. The maximum absolute atomic E-state index is 11.2. The summed E-state index contributed by atoms with van der Waals surface area (Å²) in [6.45, 7) is 8.33. The molecule has 1 heterocycles. The summed E-state index contributed by atoms with van der Waals surface area (Å²) < 4.78 is 29.6. The molecule has 1 aliphatic heterocycles. The van der Waals surface area contributed by atoms with Crippen LogP contribution in [0.15, 0.2) is 41.8 Å². The third-order valence-corrected chi connectivity index (χ3v) is 4.45. The molecule has 0 aromatic heterocycles. The van der Waals surface area contributed by atoms with Crippen LogP contribution in [-0.4, -0.2) is 36.4 Å². The largest absolute Gasteiger partial charge is 0.336 e. The van der Waals surface area contributed by atoms with Gasteiger partial charge in [0.2, 0.25) is 5.91 Å². The van der Waals surface area contributed by atoms with Crippen molar-refractivity contribution in [1.29, 1.82) is 0 Å². The van der Waals surface area contributed by atoms with Crippen LogP contribution < -0.4 is 0 Å². The first-order valence-corrected chi connectivity index (χ1v) is 8.67. The molecule has 1 atom stereocenters. The van der Waals surface area contributed by atoms with Crippen molar-refractivity contribution in [2.45, 2.75) is 44.0 Å². The molecule has 1 aromatic carbocycles. The van der Waals surface area contributed by atoms with Gasteiger partial charge in [-0.15, -0.1) is 0 Å². The van der Waals surface area contributed by atoms with Crippen molar-refractivity contribution in [2.24, 2.45) is 0 Å². The molecule has 0 spiro atoms. The Bertz CT molecular complexity index is 608. The van der Waals surface area contributed by atoms with E-state index in [9.17, 15) is 13.2 Å². The SMILES string of the molecule is C=CC(=O)N1CCCCC1C.Cc1ccc(S(=O)(=O)O)cc1. The molecular weight excluding hydrogens is 302 g/mol. The van der Waals surface area contributed by atoms with E-state index in [1.807, 2.05) is 11.8 Å². The molecule has 1 amide bonds. The number of likely N-dealkylation sites (tertiary alicyclic amines) is 1. The summed E-state index contributed by atoms with van der Waals surface area (Å²) in [5.41, 5.74) is 0.956. The third kappa shape index (κ3) is 5.61. The van der Waals surface area contributed by atoms with Crippen LogP contribution in [0.1, 0.15) is 31.7 Å². The highest BCUT2D eigenvalue weighted by Crippen LogP contribution is 2.16. The number of aryl methyl sites for hydroxylation is 1. The molecule has 2 rings (SSSR count). The van der Waals surface area contributed by atoms with Crippen LogP contribution in [0.25, 0.3) is 0 Å². The Morgan fingerprint density at radius 2 is 1.91 bits per heavy atom. The Balaban J connectivity index is 0.000000220. The van der Waals surface area contributed by atoms with Crippen molar-refractivity contribution < 1.29 is 17.8 Å². The zero-order valence-corrected chi connectivity index (χ0v) is 13.8. The maximum Gasteiger partial charge on any atom is 0.294 e. The predicted molar refractivity (Wildman–Crippen MR) is 86.2 cm³/mol. The lowest BCUT2D eigenvalue weighted by Gasteiger charge is -2.32. The molecule has 5 nitrogen and oxygen atoms in total. The number of rotatable bonds is 2. The molecule has 6 heteroatoms. The standard InChI is InChI=1S/C9H15NO.C7H8O3S/c1-3-9(11)10-7-5-4-6-8(10)2;1-6-2-4-7(5-3-6)11(8,9)10/h3,8H,1,4-7H2,2H3;2-5H,1H3,(H,8,9,10). The molecule has 1 fully saturated rings. The van der Waals surface area contributed by atoms with Crippen molar-refractivity contribution in [3.63, 3.8) is 0 Å². The van der Waals surface area contributed by atoms with Gasteiger partial charge in [-0.3, -0.25) is 9.35 Å². The molecule has 1 aromatic rings. The number of nitrogens with zero attached hydrogens (tertiary/aromatic N) is 1. The molecule has 22 heavy (non-hydrogen) atoms. The van der Waals surface area contributed by atoms with Crippen molar-refractivity contribution >= 4 is 16.0 Å². The van der Waals surface area contributed by atoms with Gasteiger partial charge >= 0.3 is 0 Å². The Labute approximate surface area is 132 Å². The lowest BCUT2D eigenvalue weighted by molar-refractivity contribution is -0.129. The van der Waals surface area contributed by atoms with Gasteiger partial charge in [0.25, 0.3) is 10.1 Å². The first kappa shape index (κ1) is 18.4. The van der Waals surface area contributed by atoms with Crippen molar-refractivity contribution in [3.05, 3.63) is 42.5 Å². The molecule has 0 radical (unpaired) electrons. The summed E-state index contributed by atoms with van der Waals surface area (Å²) >= 11 is 0. The number of amides is 1. The lowest BCUT2D eigenvalue weighted by atomic mass is 10.0. The maximum atomic E-state index is 11.2. The molecule has 1 saturated heterocycles. The minimum absolute atomic E-state index is 0.0666. The molecule has 1 unspecified atom stereocenters. The third-order valence-electron chi connectivity index (χ3n) is 3.58. The number of carbonyl (C=O) groups excluding carboxylic acids is 1. The highest BCUT2D eigenvalue weighted by molar-refractivity contribution is 7.85. The number of hydrogen-bond donors (Lipinski definition) is 1. The zero-order valence-electron chi connectivity index (χ0n) is 13.0. The van der Waals surface area contributed by atoms with Crippen LogP contribution in [0.3, 0.4) is 0 Å². The second-order valence-corrected chi connectivity index (χ2v) is 6.79. The zero-order chi connectivity index (χ0) is 16.8. The van der Waals surface area contributed by atoms with Gasteiger partial charge < -0.3 is 4.90 Å². The average molecular weight is 325 g/mol.